The van der Waals surface area contributed by atoms with Gasteiger partial charge in [0.15, 0.2) is 15.5 Å². The zero-order chi connectivity index (χ0) is 18.1. The molecule has 0 saturated heterocycles. The van der Waals surface area contributed by atoms with Gasteiger partial charge in [-0.1, -0.05) is 6.58 Å². The van der Waals surface area contributed by atoms with Gasteiger partial charge in [0, 0.05) is 24.7 Å². The van der Waals surface area contributed by atoms with E-state index in [0.717, 1.165) is 6.26 Å². The molecule has 2 heterocycles. The molecule has 1 atom stereocenters. The van der Waals surface area contributed by atoms with E-state index in [0.29, 0.717) is 12.2 Å². The molecule has 1 aliphatic heterocycles. The van der Waals surface area contributed by atoms with Crippen molar-refractivity contribution in [3.8, 4) is 6.07 Å². The van der Waals surface area contributed by atoms with E-state index >= 15 is 0 Å². The van der Waals surface area contributed by atoms with Crippen molar-refractivity contribution in [2.24, 2.45) is 0 Å². The number of carbonyl (C=O) groups is 1. The molecular formula is C15H18N4O4S. The molecule has 2 rings (SSSR count). The molecule has 0 radical (unpaired) electrons. The molecule has 1 aliphatic rings. The maximum absolute atomic E-state index is 11.9. The molecule has 0 amide bonds. The molecule has 1 aromatic rings. The predicted octanol–water partition coefficient (Wildman–Crippen LogP) is 0.692. The number of ether oxygens (including phenoxy) is 1. The summed E-state index contributed by atoms with van der Waals surface area (Å²) in [6.07, 6.45) is 4.00. The lowest BCUT2D eigenvalue weighted by Gasteiger charge is -2.33. The first-order valence-electron chi connectivity index (χ1n) is 7.16. The topological polar surface area (TPSA) is 114 Å². The van der Waals surface area contributed by atoms with Crippen LogP contribution in [0.25, 0.3) is 0 Å². The lowest BCUT2D eigenvalue weighted by molar-refractivity contribution is 0.0525. The van der Waals surface area contributed by atoms with Gasteiger partial charge in [-0.25, -0.2) is 13.2 Å². The van der Waals surface area contributed by atoms with Gasteiger partial charge in [0.25, 0.3) is 0 Å². The summed E-state index contributed by atoms with van der Waals surface area (Å²) in [4.78, 5) is 12.0. The van der Waals surface area contributed by atoms with Gasteiger partial charge in [-0.05, 0) is 19.9 Å². The third-order valence-electron chi connectivity index (χ3n) is 3.64. The minimum absolute atomic E-state index is 0.0410. The normalized spacial score (nSPS) is 20.8. The summed E-state index contributed by atoms with van der Waals surface area (Å²) in [5.41, 5.74) is -0.628. The first-order valence-corrected chi connectivity index (χ1v) is 9.05. The maximum atomic E-state index is 11.9. The molecule has 1 N–H and O–H groups in total. The molecule has 1 unspecified atom stereocenters. The summed E-state index contributed by atoms with van der Waals surface area (Å²) in [5.74, 6) is -0.649. The highest BCUT2D eigenvalue weighted by atomic mass is 32.2. The second-order valence-corrected chi connectivity index (χ2v) is 7.62. The average molecular weight is 350 g/mol. The largest absolute Gasteiger partial charge is 0.462 e. The van der Waals surface area contributed by atoms with Gasteiger partial charge >= 0.3 is 5.97 Å². The van der Waals surface area contributed by atoms with Crippen molar-refractivity contribution in [3.63, 3.8) is 0 Å². The van der Waals surface area contributed by atoms with Crippen molar-refractivity contribution in [2.45, 2.75) is 19.4 Å². The van der Waals surface area contributed by atoms with Crippen LogP contribution in [0.15, 0.2) is 29.5 Å². The fourth-order valence-corrected chi connectivity index (χ4v) is 3.34. The van der Waals surface area contributed by atoms with Crippen LogP contribution in [0.2, 0.25) is 0 Å². The molecule has 0 spiro atoms. The molecule has 1 aromatic heterocycles. The Balaban J connectivity index is 2.55. The number of nitrogens with zero attached hydrogens (tertiary/aromatic N) is 3. The number of nitriles is 1. The number of sulfone groups is 1. The van der Waals surface area contributed by atoms with Crippen molar-refractivity contribution in [2.75, 3.05) is 19.4 Å². The SMILES string of the molecule is C=C1NCC(C)(n2cc(C(=O)OCC)c(C#N)n2)C=C1S(C)(=O)=O. The Labute approximate surface area is 140 Å². The standard InChI is InChI=1S/C15H18N4O4S/c1-5-23-14(20)11-8-19(18-12(11)7-16)15(3)6-13(24(4,21)22)10(2)17-9-15/h6,8,17H,2,5,9H2,1,3-4H3. The smallest absolute Gasteiger partial charge is 0.342 e. The van der Waals surface area contributed by atoms with Crippen LogP contribution >= 0.6 is 0 Å². The fraction of sp³-hybridized carbons (Fsp3) is 0.400. The first kappa shape index (κ1) is 17.7. The Bertz CT molecular complexity index is 876. The van der Waals surface area contributed by atoms with Crippen LogP contribution in [0.5, 0.6) is 0 Å². The van der Waals surface area contributed by atoms with Crippen molar-refractivity contribution < 1.29 is 17.9 Å². The van der Waals surface area contributed by atoms with Crippen LogP contribution in [-0.2, 0) is 20.1 Å². The first-order chi connectivity index (χ1) is 11.1. The monoisotopic (exact) mass is 350 g/mol. The van der Waals surface area contributed by atoms with Gasteiger partial charge < -0.3 is 10.1 Å². The Morgan fingerprint density at radius 2 is 2.29 bits per heavy atom. The zero-order valence-electron chi connectivity index (χ0n) is 13.7. The third kappa shape index (κ3) is 3.19. The van der Waals surface area contributed by atoms with Gasteiger partial charge in [0.1, 0.15) is 11.6 Å². The van der Waals surface area contributed by atoms with E-state index < -0.39 is 21.3 Å². The van der Waals surface area contributed by atoms with Crippen LogP contribution in [0.4, 0.5) is 0 Å². The van der Waals surface area contributed by atoms with Gasteiger partial charge in [-0.3, -0.25) is 4.68 Å². The number of aromatic nitrogens is 2. The molecule has 128 valence electrons. The molecule has 24 heavy (non-hydrogen) atoms. The van der Waals surface area contributed by atoms with E-state index in [1.54, 1.807) is 13.8 Å². The molecule has 0 aliphatic carbocycles. The Hall–Kier alpha value is -2.60. The van der Waals surface area contributed by atoms with Crippen LogP contribution in [0.1, 0.15) is 29.9 Å². The minimum Gasteiger partial charge on any atom is -0.462 e. The number of hydrogen-bond donors (Lipinski definition) is 1. The Morgan fingerprint density at radius 3 is 2.83 bits per heavy atom. The van der Waals surface area contributed by atoms with E-state index in [1.165, 1.54) is 17.0 Å². The van der Waals surface area contributed by atoms with E-state index in [2.05, 4.69) is 17.0 Å². The van der Waals surface area contributed by atoms with Crippen LogP contribution < -0.4 is 5.32 Å². The summed E-state index contributed by atoms with van der Waals surface area (Å²) in [5, 5.41) is 16.2. The van der Waals surface area contributed by atoms with Gasteiger partial charge in [-0.15, -0.1) is 0 Å². The molecule has 9 heteroatoms. The molecule has 0 bridgehead atoms. The van der Waals surface area contributed by atoms with E-state index in [4.69, 9.17) is 4.74 Å². The van der Waals surface area contributed by atoms with Crippen molar-refractivity contribution in [3.05, 3.63) is 40.7 Å². The highest BCUT2D eigenvalue weighted by Crippen LogP contribution is 2.28. The average Bonchev–Trinajstić information content (AvgIpc) is 2.94. The predicted molar refractivity (Wildman–Crippen MR) is 86.6 cm³/mol. The van der Waals surface area contributed by atoms with Gasteiger partial charge in [-0.2, -0.15) is 10.4 Å². The molecular weight excluding hydrogens is 332 g/mol. The van der Waals surface area contributed by atoms with Crippen molar-refractivity contribution in [1.82, 2.24) is 15.1 Å². The lowest BCUT2D eigenvalue weighted by atomic mass is 9.98. The summed E-state index contributed by atoms with van der Waals surface area (Å²) < 4.78 is 30.1. The van der Waals surface area contributed by atoms with Gasteiger partial charge in [0.2, 0.25) is 0 Å². The van der Waals surface area contributed by atoms with E-state index in [1.807, 2.05) is 6.07 Å². The van der Waals surface area contributed by atoms with Crippen LogP contribution in [-0.4, -0.2) is 43.6 Å². The number of esters is 1. The summed E-state index contributed by atoms with van der Waals surface area (Å²) in [6.45, 7) is 7.57. The second-order valence-electron chi connectivity index (χ2n) is 5.64. The van der Waals surface area contributed by atoms with Crippen LogP contribution in [0.3, 0.4) is 0 Å². The van der Waals surface area contributed by atoms with Crippen molar-refractivity contribution in [1.29, 1.82) is 5.26 Å². The van der Waals surface area contributed by atoms with E-state index in [-0.39, 0.29) is 22.8 Å². The molecule has 0 fully saturated rings. The summed E-state index contributed by atoms with van der Waals surface area (Å²) >= 11 is 0. The zero-order valence-corrected chi connectivity index (χ0v) is 14.5. The third-order valence-corrected chi connectivity index (χ3v) is 4.80. The van der Waals surface area contributed by atoms with Gasteiger partial charge in [0.05, 0.1) is 17.1 Å². The number of carbonyl (C=O) groups excluding carboxylic acids is 1. The quantitative estimate of drug-likeness (QED) is 0.795. The molecule has 0 saturated carbocycles. The summed E-state index contributed by atoms with van der Waals surface area (Å²) in [7, 11) is -3.49. The fourth-order valence-electron chi connectivity index (χ4n) is 2.35. The number of rotatable bonds is 4. The van der Waals surface area contributed by atoms with E-state index in [9.17, 15) is 18.5 Å². The summed E-state index contributed by atoms with van der Waals surface area (Å²) in [6, 6.07) is 1.85. The Kier molecular flexibility index (Phi) is 4.53. The highest BCUT2D eigenvalue weighted by Gasteiger charge is 2.34. The molecule has 8 nitrogen and oxygen atoms in total. The maximum Gasteiger partial charge on any atom is 0.342 e. The highest BCUT2D eigenvalue weighted by molar-refractivity contribution is 7.94. The Morgan fingerprint density at radius 1 is 1.62 bits per heavy atom. The van der Waals surface area contributed by atoms with Crippen molar-refractivity contribution >= 4 is 15.8 Å². The number of hydrogen-bond acceptors (Lipinski definition) is 7. The molecule has 0 aromatic carbocycles. The number of nitrogens with one attached hydrogen (secondary N) is 1. The van der Waals surface area contributed by atoms with Crippen LogP contribution in [0, 0.1) is 11.3 Å². The lowest BCUT2D eigenvalue weighted by Crippen LogP contribution is -2.44. The second kappa shape index (κ2) is 6.13. The minimum atomic E-state index is -3.49.